The van der Waals surface area contributed by atoms with Gasteiger partial charge in [0.25, 0.3) is 16.0 Å². The molecule has 0 unspecified atom stereocenters. The number of aromatic nitrogens is 4. The molecule has 406 valence electrons. The van der Waals surface area contributed by atoms with E-state index in [0.29, 0.717) is 51.4 Å². The molecule has 0 fully saturated rings. The molecular weight excluding hydrogens is 1150 g/mol. The quantitative estimate of drug-likeness (QED) is 0.108. The summed E-state index contributed by atoms with van der Waals surface area (Å²) in [6.07, 6.45) is -9.06. The van der Waals surface area contributed by atoms with Crippen LogP contribution in [-0.2, 0) is 55.9 Å². The Kier molecular flexibility index (Phi) is 17.8. The lowest BCUT2D eigenvalue weighted by atomic mass is 10.1. The smallest absolute Gasteiger partial charge is 0.416 e. The number of rotatable bonds is 12. The first-order valence-electron chi connectivity index (χ1n) is 22.0. The number of carbonyl (C=O) groups is 1. The number of sulfonamides is 1. The van der Waals surface area contributed by atoms with E-state index in [0.717, 1.165) is 58.6 Å². The molecule has 0 aliphatic carbocycles. The standard InChI is InChI=1S/C26H19ClF3N5O4S2.C19H16ClF3N4O3S2.C2H4O2/c1-38-18-5-2-16(3-6-18)15-35(25-32-24(14-31)33-40-25)41(36,37)19-7-9-22-23(13-19)39-11-10-34(22)21-8-4-17(12-20(21)27)26(28,29)30;20-13-7-11(19(21,22)23)1-3-14(13)27-5-6-30-16-8-12(2-4-15(16)27)32(28,29)10-18-25-17(9-24)26-31-18;1-2(3)4/h2-9,12-13H,10-11,15H2,1H3;1-4,7-8H,5-6,9-10,24H2;1H3,(H,3,4). The number of hydrogen-bond donors (Lipinski definition) is 2. The van der Waals surface area contributed by atoms with E-state index in [1.165, 1.54) is 49.6 Å². The van der Waals surface area contributed by atoms with Crippen LogP contribution in [0, 0.1) is 11.3 Å². The minimum absolute atomic E-state index is 0.00540. The van der Waals surface area contributed by atoms with Gasteiger partial charge in [0.15, 0.2) is 15.7 Å². The molecule has 77 heavy (non-hydrogen) atoms. The summed E-state index contributed by atoms with van der Waals surface area (Å²) in [7, 11) is -6.48. The molecule has 0 saturated carbocycles. The van der Waals surface area contributed by atoms with Crippen molar-refractivity contribution in [2.24, 2.45) is 5.73 Å². The van der Waals surface area contributed by atoms with Gasteiger partial charge >= 0.3 is 12.4 Å². The maximum atomic E-state index is 13.9. The molecule has 2 aliphatic heterocycles. The Morgan fingerprint density at radius 1 is 0.779 bits per heavy atom. The third-order valence-corrected chi connectivity index (χ3v) is 16.6. The number of sulfone groups is 1. The van der Waals surface area contributed by atoms with Crippen molar-refractivity contribution in [2.45, 2.75) is 47.9 Å². The van der Waals surface area contributed by atoms with E-state index in [1.54, 1.807) is 46.2 Å². The Hall–Kier alpha value is -7.00. The van der Waals surface area contributed by atoms with Crippen LogP contribution in [-0.4, -0.2) is 80.0 Å². The first-order chi connectivity index (χ1) is 36.3. The van der Waals surface area contributed by atoms with Gasteiger partial charge in [-0.25, -0.2) is 26.1 Å². The van der Waals surface area contributed by atoms with E-state index in [9.17, 15) is 48.4 Å². The second-order valence-corrected chi connectivity index (χ2v) is 22.3. The topological polar surface area (TPSA) is 244 Å². The van der Waals surface area contributed by atoms with E-state index >= 15 is 0 Å². The van der Waals surface area contributed by atoms with Crippen molar-refractivity contribution in [3.63, 3.8) is 0 Å². The Morgan fingerprint density at radius 3 is 1.74 bits per heavy atom. The lowest BCUT2D eigenvalue weighted by Gasteiger charge is -2.32. The molecule has 9 rings (SSSR count). The molecule has 30 heteroatoms. The fraction of sp³-hybridized carbons (Fsp3) is 0.234. The summed E-state index contributed by atoms with van der Waals surface area (Å²) in [5.41, 5.74) is 5.97. The van der Waals surface area contributed by atoms with Crippen molar-refractivity contribution in [1.82, 2.24) is 18.7 Å². The minimum Gasteiger partial charge on any atom is -0.497 e. The van der Waals surface area contributed by atoms with Crippen molar-refractivity contribution < 1.29 is 67.3 Å². The number of benzene rings is 5. The van der Waals surface area contributed by atoms with Crippen molar-refractivity contribution >= 4 is 100.0 Å². The summed E-state index contributed by atoms with van der Waals surface area (Å²) in [6, 6.07) is 23.3. The summed E-state index contributed by atoms with van der Waals surface area (Å²) in [5, 5.41) is 16.7. The number of fused-ring (bicyclic) bond motifs is 2. The largest absolute Gasteiger partial charge is 0.497 e. The van der Waals surface area contributed by atoms with Crippen molar-refractivity contribution in [1.29, 1.82) is 5.26 Å². The monoisotopic (exact) mass is 1190 g/mol. The zero-order chi connectivity index (χ0) is 56.0. The first kappa shape index (κ1) is 57.7. The number of nitriles is 1. The highest BCUT2D eigenvalue weighted by Crippen LogP contribution is 2.45. The fourth-order valence-corrected chi connectivity index (χ4v) is 12.5. The van der Waals surface area contributed by atoms with Crippen LogP contribution in [0.1, 0.15) is 40.3 Å². The maximum Gasteiger partial charge on any atom is 0.416 e. The molecule has 18 nitrogen and oxygen atoms in total. The predicted octanol–water partition coefficient (Wildman–Crippen LogP) is 10.3. The van der Waals surface area contributed by atoms with Gasteiger partial charge in [0.2, 0.25) is 11.0 Å². The lowest BCUT2D eigenvalue weighted by molar-refractivity contribution is -0.138. The SMILES string of the molecule is CC(=O)O.COc1ccc(CN(c2nc(C#N)ns2)S(=O)(=O)c2ccc3c(c2)OCCN3c2ccc(C(F)(F)F)cc2Cl)cc1.NCc1nsc(CS(=O)(=O)c2ccc3c(c2)OCCN3c2ccc(C(F)(F)F)cc2Cl)n1. The Bertz CT molecular complexity index is 3560. The molecule has 4 heterocycles. The number of nitrogens with zero attached hydrogens (tertiary/aromatic N) is 8. The highest BCUT2D eigenvalue weighted by molar-refractivity contribution is 7.93. The molecule has 0 bridgehead atoms. The highest BCUT2D eigenvalue weighted by Gasteiger charge is 2.35. The van der Waals surface area contributed by atoms with Gasteiger partial charge in [-0.3, -0.25) is 4.79 Å². The number of aliphatic carboxylic acids is 1. The van der Waals surface area contributed by atoms with E-state index in [-0.39, 0.29) is 80.9 Å². The molecule has 2 aromatic heterocycles. The molecule has 0 atom stereocenters. The summed E-state index contributed by atoms with van der Waals surface area (Å²) < 4.78 is 157. The van der Waals surface area contributed by atoms with Gasteiger partial charge in [-0.15, -0.1) is 0 Å². The Balaban J connectivity index is 0.000000215. The predicted molar refractivity (Wildman–Crippen MR) is 274 cm³/mol. The molecule has 0 spiro atoms. The van der Waals surface area contributed by atoms with Crippen molar-refractivity contribution in [2.75, 3.05) is 47.5 Å². The molecule has 0 amide bonds. The van der Waals surface area contributed by atoms with Crippen LogP contribution in [0.5, 0.6) is 17.2 Å². The van der Waals surface area contributed by atoms with Crippen LogP contribution in [0.3, 0.4) is 0 Å². The fourth-order valence-electron chi connectivity index (χ4n) is 7.38. The number of ether oxygens (including phenoxy) is 3. The summed E-state index contributed by atoms with van der Waals surface area (Å²) in [4.78, 5) is 20.4. The van der Waals surface area contributed by atoms with Gasteiger partial charge in [-0.2, -0.15) is 45.3 Å². The molecule has 0 radical (unpaired) electrons. The van der Waals surface area contributed by atoms with Gasteiger partial charge < -0.3 is 34.9 Å². The molecular formula is C47H39Cl2F6N9O9S4. The third kappa shape index (κ3) is 13.8. The number of carboxylic acids is 1. The van der Waals surface area contributed by atoms with Gasteiger partial charge in [0.1, 0.15) is 47.3 Å². The van der Waals surface area contributed by atoms with Crippen LogP contribution in [0.2, 0.25) is 10.0 Å². The van der Waals surface area contributed by atoms with Gasteiger partial charge in [-0.1, -0.05) is 35.3 Å². The Morgan fingerprint density at radius 2 is 1.29 bits per heavy atom. The molecule has 3 N–H and O–H groups in total. The number of carboxylic acid groups (broad SMARTS) is 1. The normalized spacial score (nSPS) is 13.3. The van der Waals surface area contributed by atoms with Crippen LogP contribution in [0.25, 0.3) is 0 Å². The number of hydrogen-bond acceptors (Lipinski definition) is 18. The zero-order valence-electron chi connectivity index (χ0n) is 39.7. The summed E-state index contributed by atoms with van der Waals surface area (Å²) in [5.74, 6) is 0.116. The highest BCUT2D eigenvalue weighted by atomic mass is 35.5. The summed E-state index contributed by atoms with van der Waals surface area (Å²) >= 11 is 14.1. The Labute approximate surface area is 453 Å². The minimum atomic E-state index is -4.55. The van der Waals surface area contributed by atoms with Gasteiger partial charge in [0, 0.05) is 30.6 Å². The van der Waals surface area contributed by atoms with Crippen molar-refractivity contribution in [3.8, 4) is 23.3 Å². The van der Waals surface area contributed by atoms with E-state index in [1.807, 2.05) is 0 Å². The lowest BCUT2D eigenvalue weighted by Crippen LogP contribution is -2.32. The number of nitrogens with two attached hydrogens (primary N) is 1. The van der Waals surface area contributed by atoms with Crippen LogP contribution >= 0.6 is 46.3 Å². The molecule has 5 aromatic carbocycles. The first-order valence-corrected chi connectivity index (χ1v) is 27.4. The van der Waals surface area contributed by atoms with Gasteiger partial charge in [0.05, 0.1) is 87.0 Å². The summed E-state index contributed by atoms with van der Waals surface area (Å²) in [6.45, 7) is 2.02. The third-order valence-electron chi connectivity index (χ3n) is 10.9. The van der Waals surface area contributed by atoms with Gasteiger partial charge in [-0.05, 0) is 89.9 Å². The number of anilines is 5. The van der Waals surface area contributed by atoms with Crippen LogP contribution < -0.4 is 34.0 Å². The molecule has 0 saturated heterocycles. The molecule has 7 aromatic rings. The second-order valence-electron chi connectivity index (χ2n) is 16.0. The van der Waals surface area contributed by atoms with E-state index in [4.69, 9.17) is 53.0 Å². The van der Waals surface area contributed by atoms with Crippen LogP contribution in [0.4, 0.5) is 54.2 Å². The number of methoxy groups -OCH3 is 1. The average Bonchev–Trinajstić information content (AvgIpc) is 4.08. The van der Waals surface area contributed by atoms with E-state index < -0.39 is 49.3 Å². The number of halogens is 8. The number of alkyl halides is 6. The average molecular weight is 1190 g/mol. The van der Waals surface area contributed by atoms with Crippen molar-refractivity contribution in [3.05, 3.63) is 140 Å². The van der Waals surface area contributed by atoms with E-state index in [2.05, 4.69) is 18.7 Å². The molecule has 2 aliphatic rings. The zero-order valence-corrected chi connectivity index (χ0v) is 44.5. The second kappa shape index (κ2) is 23.7. The van der Waals surface area contributed by atoms with Crippen LogP contribution in [0.15, 0.2) is 107 Å². The maximum absolute atomic E-state index is 13.9.